The first-order valence-electron chi connectivity index (χ1n) is 20.0. The molecule has 0 saturated heterocycles. The zero-order chi connectivity index (χ0) is 40.0. The third-order valence-corrected chi connectivity index (χ3v) is 12.5. The van der Waals surface area contributed by atoms with Crippen LogP contribution in [0.4, 0.5) is 0 Å². The molecule has 0 amide bonds. The van der Waals surface area contributed by atoms with E-state index in [0.717, 1.165) is 43.0 Å². The molecule has 56 heavy (non-hydrogen) atoms. The summed E-state index contributed by atoms with van der Waals surface area (Å²) in [5, 5.41) is 7.71. The molecular formula is C51H53BrO4. The van der Waals surface area contributed by atoms with Gasteiger partial charge in [-0.2, -0.15) is 0 Å². The zero-order valence-corrected chi connectivity index (χ0v) is 35.3. The smallest absolute Gasteiger partial charge is 0.330 e. The normalized spacial score (nSPS) is 13.6. The molecule has 288 valence electrons. The molecule has 6 aromatic carbocycles. The van der Waals surface area contributed by atoms with Crippen LogP contribution in [0, 0.1) is 0 Å². The number of unbranched alkanes of at least 4 members (excludes halogenated alkanes) is 2. The van der Waals surface area contributed by atoms with Crippen LogP contribution in [0.5, 0.6) is 0 Å². The van der Waals surface area contributed by atoms with Crippen molar-refractivity contribution >= 4 is 60.2 Å². The first-order chi connectivity index (χ1) is 26.7. The first kappa shape index (κ1) is 39.5. The molecular weight excluding hydrogens is 756 g/mol. The summed E-state index contributed by atoms with van der Waals surface area (Å²) < 4.78 is 12.0. The first-order valence-corrected chi connectivity index (χ1v) is 20.8. The highest BCUT2D eigenvalue weighted by Gasteiger charge is 2.44. The van der Waals surface area contributed by atoms with Gasteiger partial charge in [0, 0.05) is 27.6 Å². The number of rotatable bonds is 13. The topological polar surface area (TPSA) is 52.6 Å². The maximum Gasteiger partial charge on any atom is 0.330 e. The Morgan fingerprint density at radius 2 is 1.16 bits per heavy atom. The molecule has 0 fully saturated rings. The van der Waals surface area contributed by atoms with Crippen LogP contribution in [0.2, 0.25) is 0 Å². The van der Waals surface area contributed by atoms with Crippen LogP contribution in [-0.4, -0.2) is 25.2 Å². The summed E-state index contributed by atoms with van der Waals surface area (Å²) in [7, 11) is 0. The molecule has 1 aliphatic carbocycles. The molecule has 0 radical (unpaired) electrons. The van der Waals surface area contributed by atoms with Gasteiger partial charge >= 0.3 is 11.9 Å². The van der Waals surface area contributed by atoms with Crippen LogP contribution >= 0.6 is 15.9 Å². The lowest BCUT2D eigenvalue weighted by molar-refractivity contribution is -0.138. The van der Waals surface area contributed by atoms with Crippen molar-refractivity contribution < 1.29 is 19.1 Å². The Morgan fingerprint density at radius 1 is 0.625 bits per heavy atom. The van der Waals surface area contributed by atoms with Crippen LogP contribution in [0.25, 0.3) is 54.6 Å². The molecule has 6 aromatic rings. The van der Waals surface area contributed by atoms with Crippen LogP contribution in [-0.2, 0) is 35.3 Å². The molecule has 0 heterocycles. The number of carbonyl (C=O) groups is 2. The number of benzene rings is 6. The summed E-state index contributed by atoms with van der Waals surface area (Å²) in [5.41, 5.74) is 9.88. The van der Waals surface area contributed by atoms with Gasteiger partial charge in [-0.1, -0.05) is 137 Å². The lowest BCUT2D eigenvalue weighted by Crippen LogP contribution is -2.27. The standard InChI is InChI=1S/C51H53BrO4/c1-9-44(53)55-25-13-11-23-51(24-12-14-26-56-45(54)10-2)41-29-33(18-22-40(41)48-42(51)30-37(31-43(48)52)50(6,7)8)38-20-17-32-15-16-34-27-36(49(3,4)5)28-35-19-21-39(38)47(32)46(34)35/h9-10,15-22,27-31H,1-2,11-14,23-26H2,3-8H3. The van der Waals surface area contributed by atoms with Crippen LogP contribution in [0.15, 0.2) is 109 Å². The summed E-state index contributed by atoms with van der Waals surface area (Å²) in [6, 6.07) is 30.3. The fraction of sp³-hybridized carbons (Fsp3) is 0.333. The van der Waals surface area contributed by atoms with Crippen molar-refractivity contribution in [1.29, 1.82) is 0 Å². The van der Waals surface area contributed by atoms with Crippen molar-refractivity contribution in [2.24, 2.45) is 0 Å². The lowest BCUT2D eigenvalue weighted by atomic mass is 9.69. The molecule has 0 N–H and O–H groups in total. The highest BCUT2D eigenvalue weighted by Crippen LogP contribution is 2.58. The predicted octanol–water partition coefficient (Wildman–Crippen LogP) is 13.7. The molecule has 4 nitrogen and oxygen atoms in total. The van der Waals surface area contributed by atoms with Gasteiger partial charge in [-0.3, -0.25) is 0 Å². The Bertz CT molecular complexity index is 2440. The third kappa shape index (κ3) is 7.31. The van der Waals surface area contributed by atoms with Gasteiger partial charge in [0.25, 0.3) is 0 Å². The van der Waals surface area contributed by atoms with E-state index in [1.54, 1.807) is 0 Å². The minimum Gasteiger partial charge on any atom is -0.463 e. The van der Waals surface area contributed by atoms with E-state index in [9.17, 15) is 9.59 Å². The van der Waals surface area contributed by atoms with E-state index in [-0.39, 0.29) is 16.2 Å². The zero-order valence-electron chi connectivity index (χ0n) is 33.7. The average molecular weight is 810 g/mol. The van der Waals surface area contributed by atoms with E-state index in [1.165, 1.54) is 89.0 Å². The van der Waals surface area contributed by atoms with Crippen molar-refractivity contribution in [3.63, 3.8) is 0 Å². The molecule has 0 spiro atoms. The summed E-state index contributed by atoms with van der Waals surface area (Å²) in [6.45, 7) is 21.5. The third-order valence-electron chi connectivity index (χ3n) is 11.9. The Labute approximate surface area is 340 Å². The Kier molecular flexibility index (Phi) is 10.8. The SMILES string of the molecule is C=CC(=O)OCCCCC1(CCCCOC(=O)C=C)c2cc(-c3ccc4ccc5cc(C(C)(C)C)cc6ccc3c4c56)ccc2-c2c(Br)cc(C(C)(C)C)cc21. The molecule has 0 atom stereocenters. The number of esters is 2. The van der Waals surface area contributed by atoms with Crippen molar-refractivity contribution in [2.45, 2.75) is 96.3 Å². The number of fused-ring (bicyclic) bond motifs is 3. The maximum atomic E-state index is 11.9. The van der Waals surface area contributed by atoms with E-state index in [0.29, 0.717) is 13.2 Å². The molecule has 0 aromatic heterocycles. The minimum absolute atomic E-state index is 0.0544. The van der Waals surface area contributed by atoms with Gasteiger partial charge in [0.1, 0.15) is 0 Å². The quantitative estimate of drug-likeness (QED) is 0.0505. The predicted molar refractivity (Wildman–Crippen MR) is 237 cm³/mol. The van der Waals surface area contributed by atoms with E-state index < -0.39 is 11.9 Å². The average Bonchev–Trinajstić information content (AvgIpc) is 3.44. The number of carbonyl (C=O) groups excluding carboxylic acids is 2. The molecule has 0 aliphatic heterocycles. The number of hydrogen-bond acceptors (Lipinski definition) is 4. The molecule has 7 rings (SSSR count). The summed E-state index contributed by atoms with van der Waals surface area (Å²) in [4.78, 5) is 23.8. The second kappa shape index (κ2) is 15.3. The van der Waals surface area contributed by atoms with E-state index in [1.807, 2.05) is 0 Å². The highest BCUT2D eigenvalue weighted by molar-refractivity contribution is 9.10. The molecule has 5 heteroatoms. The summed E-state index contributed by atoms with van der Waals surface area (Å²) >= 11 is 4.06. The number of hydrogen-bond donors (Lipinski definition) is 0. The largest absolute Gasteiger partial charge is 0.463 e. The molecule has 0 bridgehead atoms. The summed E-state index contributed by atoms with van der Waals surface area (Å²) in [5.74, 6) is -0.784. The van der Waals surface area contributed by atoms with Gasteiger partial charge in [0.2, 0.25) is 0 Å². The second-order valence-corrected chi connectivity index (χ2v) is 18.4. The van der Waals surface area contributed by atoms with Crippen molar-refractivity contribution in [3.8, 4) is 22.3 Å². The van der Waals surface area contributed by atoms with Gasteiger partial charge < -0.3 is 9.47 Å². The van der Waals surface area contributed by atoms with E-state index in [4.69, 9.17) is 9.47 Å². The summed E-state index contributed by atoms with van der Waals surface area (Å²) in [6.07, 6.45) is 7.42. The number of halogens is 1. The van der Waals surface area contributed by atoms with E-state index >= 15 is 0 Å². The van der Waals surface area contributed by atoms with Crippen molar-refractivity contribution in [2.75, 3.05) is 13.2 Å². The van der Waals surface area contributed by atoms with Gasteiger partial charge in [0.05, 0.1) is 13.2 Å². The monoisotopic (exact) mass is 808 g/mol. The van der Waals surface area contributed by atoms with Crippen molar-refractivity contribution in [1.82, 2.24) is 0 Å². The van der Waals surface area contributed by atoms with Crippen LogP contribution < -0.4 is 0 Å². The number of ether oxygens (including phenoxy) is 2. The Hall–Kier alpha value is -4.74. The molecule has 0 unspecified atom stereocenters. The van der Waals surface area contributed by atoms with Crippen LogP contribution in [0.1, 0.15) is 102 Å². The van der Waals surface area contributed by atoms with Gasteiger partial charge in [0.15, 0.2) is 0 Å². The fourth-order valence-corrected chi connectivity index (χ4v) is 9.52. The highest BCUT2D eigenvalue weighted by atomic mass is 79.9. The second-order valence-electron chi connectivity index (χ2n) is 17.6. The fourth-order valence-electron chi connectivity index (χ4n) is 8.85. The lowest BCUT2D eigenvalue weighted by Gasteiger charge is -2.34. The van der Waals surface area contributed by atoms with Crippen molar-refractivity contribution in [3.05, 3.63) is 131 Å². The Morgan fingerprint density at radius 3 is 1.75 bits per heavy atom. The Balaban J connectivity index is 1.39. The minimum atomic E-state index is -0.392. The van der Waals surface area contributed by atoms with Gasteiger partial charge in [-0.05, 0) is 133 Å². The molecule has 1 aliphatic rings. The van der Waals surface area contributed by atoms with Crippen LogP contribution in [0.3, 0.4) is 0 Å². The maximum absolute atomic E-state index is 11.9. The molecule has 0 saturated carbocycles. The van der Waals surface area contributed by atoms with Gasteiger partial charge in [-0.15, -0.1) is 0 Å². The van der Waals surface area contributed by atoms with Gasteiger partial charge in [-0.25, -0.2) is 9.59 Å². The van der Waals surface area contributed by atoms with E-state index in [2.05, 4.69) is 149 Å².